The number of hydrogen-bond acceptors (Lipinski definition) is 2. The number of amides is 1. The van der Waals surface area contributed by atoms with Gasteiger partial charge in [0.15, 0.2) is 0 Å². The molecule has 100 valence electrons. The number of likely N-dealkylation sites (tertiary alicyclic amines) is 1. The lowest BCUT2D eigenvalue weighted by Gasteiger charge is -2.30. The average molecular weight is 240 g/mol. The molecule has 1 amide bonds. The van der Waals surface area contributed by atoms with Crippen molar-refractivity contribution in [3.8, 4) is 0 Å². The molecule has 1 fully saturated rings. The number of likely N-dealkylation sites (N-methyl/N-ethyl adjacent to an activating group) is 1. The van der Waals surface area contributed by atoms with Gasteiger partial charge in [0.05, 0.1) is 0 Å². The van der Waals surface area contributed by atoms with Crippen molar-refractivity contribution in [2.75, 3.05) is 20.1 Å². The summed E-state index contributed by atoms with van der Waals surface area (Å²) in [5.41, 5.74) is 0.324. The van der Waals surface area contributed by atoms with Gasteiger partial charge in [-0.05, 0) is 38.1 Å². The van der Waals surface area contributed by atoms with Crippen LogP contribution in [0.15, 0.2) is 0 Å². The molecule has 17 heavy (non-hydrogen) atoms. The molecule has 0 saturated carbocycles. The molecule has 0 spiro atoms. The number of nitrogens with one attached hydrogen (secondary N) is 1. The van der Waals surface area contributed by atoms with Gasteiger partial charge in [-0.1, -0.05) is 20.8 Å². The maximum Gasteiger partial charge on any atom is 0.222 e. The standard InChI is InChI=1S/C14H28N2O/c1-11(15-5)10-16-9-8-12(14(2,3)4)6-7-13(16)17/h11-12,15H,6-10H2,1-5H3. The number of hydrogen-bond donors (Lipinski definition) is 1. The van der Waals surface area contributed by atoms with Gasteiger partial charge in [-0.2, -0.15) is 0 Å². The number of rotatable bonds is 3. The molecule has 0 aromatic rings. The predicted molar refractivity (Wildman–Crippen MR) is 71.9 cm³/mol. The summed E-state index contributed by atoms with van der Waals surface area (Å²) in [4.78, 5) is 14.1. The summed E-state index contributed by atoms with van der Waals surface area (Å²) in [5.74, 6) is 1.00. The smallest absolute Gasteiger partial charge is 0.222 e. The van der Waals surface area contributed by atoms with Crippen molar-refractivity contribution in [3.05, 3.63) is 0 Å². The third-order valence-corrected chi connectivity index (χ3v) is 4.02. The lowest BCUT2D eigenvalue weighted by atomic mass is 9.77. The van der Waals surface area contributed by atoms with Gasteiger partial charge < -0.3 is 10.2 Å². The van der Waals surface area contributed by atoms with E-state index >= 15 is 0 Å². The SMILES string of the molecule is CNC(C)CN1CCC(C(C)(C)C)CCC1=O. The maximum absolute atomic E-state index is 12.0. The Labute approximate surface area is 106 Å². The van der Waals surface area contributed by atoms with Gasteiger partial charge in [0.25, 0.3) is 0 Å². The van der Waals surface area contributed by atoms with Crippen LogP contribution in [0.4, 0.5) is 0 Å². The average Bonchev–Trinajstić information content (AvgIpc) is 2.41. The van der Waals surface area contributed by atoms with Crippen LogP contribution in [0.1, 0.15) is 47.0 Å². The molecule has 1 aliphatic heterocycles. The van der Waals surface area contributed by atoms with Gasteiger partial charge in [-0.3, -0.25) is 4.79 Å². The van der Waals surface area contributed by atoms with E-state index in [1.54, 1.807) is 0 Å². The lowest BCUT2D eigenvalue weighted by molar-refractivity contribution is -0.131. The summed E-state index contributed by atoms with van der Waals surface area (Å²) < 4.78 is 0. The van der Waals surface area contributed by atoms with E-state index in [2.05, 4.69) is 33.0 Å². The van der Waals surface area contributed by atoms with Crippen LogP contribution in [0.3, 0.4) is 0 Å². The van der Waals surface area contributed by atoms with Gasteiger partial charge in [0.1, 0.15) is 0 Å². The van der Waals surface area contributed by atoms with Crippen molar-refractivity contribution in [2.45, 2.75) is 53.0 Å². The molecule has 3 heteroatoms. The molecule has 3 nitrogen and oxygen atoms in total. The third-order valence-electron chi connectivity index (χ3n) is 4.02. The van der Waals surface area contributed by atoms with E-state index in [-0.39, 0.29) is 0 Å². The molecule has 0 aromatic carbocycles. The minimum Gasteiger partial charge on any atom is -0.341 e. The van der Waals surface area contributed by atoms with Gasteiger partial charge in [-0.15, -0.1) is 0 Å². The highest BCUT2D eigenvalue weighted by atomic mass is 16.2. The number of nitrogens with zero attached hydrogens (tertiary/aromatic N) is 1. The van der Waals surface area contributed by atoms with Gasteiger partial charge in [0, 0.05) is 25.6 Å². The molecule has 0 radical (unpaired) electrons. The topological polar surface area (TPSA) is 32.3 Å². The number of carbonyl (C=O) groups is 1. The summed E-state index contributed by atoms with van der Waals surface area (Å²) in [5, 5.41) is 3.20. The Kier molecular flexibility index (Phi) is 4.99. The minimum absolute atomic E-state index is 0.324. The Balaban J connectivity index is 2.58. The summed E-state index contributed by atoms with van der Waals surface area (Å²) in [7, 11) is 1.95. The fraction of sp³-hybridized carbons (Fsp3) is 0.929. The van der Waals surface area contributed by atoms with Crippen LogP contribution >= 0.6 is 0 Å². The first-order valence-electron chi connectivity index (χ1n) is 6.79. The molecular weight excluding hydrogens is 212 g/mol. The van der Waals surface area contributed by atoms with Gasteiger partial charge in [-0.25, -0.2) is 0 Å². The molecule has 2 unspecified atom stereocenters. The van der Waals surface area contributed by atoms with E-state index < -0.39 is 0 Å². The first-order chi connectivity index (χ1) is 7.84. The van der Waals surface area contributed by atoms with Crippen LogP contribution < -0.4 is 5.32 Å². The zero-order valence-corrected chi connectivity index (χ0v) is 12.0. The van der Waals surface area contributed by atoms with Crippen molar-refractivity contribution >= 4 is 5.91 Å². The quantitative estimate of drug-likeness (QED) is 0.821. The summed E-state index contributed by atoms with van der Waals surface area (Å²) >= 11 is 0. The molecule has 0 aromatic heterocycles. The molecule has 2 atom stereocenters. The molecule has 1 N–H and O–H groups in total. The van der Waals surface area contributed by atoms with E-state index in [4.69, 9.17) is 0 Å². The van der Waals surface area contributed by atoms with Gasteiger partial charge in [0.2, 0.25) is 5.91 Å². The van der Waals surface area contributed by atoms with Crippen molar-refractivity contribution in [1.82, 2.24) is 10.2 Å². The summed E-state index contributed by atoms with van der Waals surface area (Å²) in [6.45, 7) is 10.7. The second-order valence-corrected chi connectivity index (χ2v) is 6.42. The largest absolute Gasteiger partial charge is 0.341 e. The normalized spacial score (nSPS) is 24.6. The van der Waals surface area contributed by atoms with Crippen molar-refractivity contribution in [2.24, 2.45) is 11.3 Å². The van der Waals surface area contributed by atoms with Crippen LogP contribution in [-0.2, 0) is 4.79 Å². The summed E-state index contributed by atoms with van der Waals surface area (Å²) in [6.07, 6.45) is 2.91. The molecule has 1 rings (SSSR count). The highest BCUT2D eigenvalue weighted by molar-refractivity contribution is 5.76. The number of carbonyl (C=O) groups excluding carboxylic acids is 1. The molecule has 1 aliphatic rings. The molecule has 1 saturated heterocycles. The predicted octanol–water partition coefficient (Wildman–Crippen LogP) is 2.27. The molecule has 0 bridgehead atoms. The van der Waals surface area contributed by atoms with E-state index in [1.165, 1.54) is 0 Å². The fourth-order valence-electron chi connectivity index (χ4n) is 2.52. The van der Waals surface area contributed by atoms with Crippen LogP contribution in [0.2, 0.25) is 0 Å². The minimum atomic E-state index is 0.324. The zero-order valence-electron chi connectivity index (χ0n) is 12.0. The Morgan fingerprint density at radius 2 is 2.06 bits per heavy atom. The van der Waals surface area contributed by atoms with Crippen molar-refractivity contribution < 1.29 is 4.79 Å². The van der Waals surface area contributed by atoms with E-state index in [0.717, 1.165) is 32.4 Å². The van der Waals surface area contributed by atoms with E-state index in [1.807, 2.05) is 11.9 Å². The Bertz CT molecular complexity index is 257. The zero-order chi connectivity index (χ0) is 13.1. The van der Waals surface area contributed by atoms with Crippen LogP contribution in [0.5, 0.6) is 0 Å². The first-order valence-corrected chi connectivity index (χ1v) is 6.79. The Morgan fingerprint density at radius 1 is 1.41 bits per heavy atom. The highest BCUT2D eigenvalue weighted by Gasteiger charge is 2.30. The van der Waals surface area contributed by atoms with Crippen LogP contribution in [-0.4, -0.2) is 37.0 Å². The second-order valence-electron chi connectivity index (χ2n) is 6.42. The summed E-state index contributed by atoms with van der Waals surface area (Å²) in [6, 6.07) is 0.380. The van der Waals surface area contributed by atoms with E-state index in [9.17, 15) is 4.79 Å². The molecule has 0 aliphatic carbocycles. The third kappa shape index (κ3) is 4.30. The maximum atomic E-state index is 12.0. The van der Waals surface area contributed by atoms with Crippen LogP contribution in [0, 0.1) is 11.3 Å². The Morgan fingerprint density at radius 3 is 2.59 bits per heavy atom. The molecular formula is C14H28N2O. The fourth-order valence-corrected chi connectivity index (χ4v) is 2.52. The second kappa shape index (κ2) is 5.85. The highest BCUT2D eigenvalue weighted by Crippen LogP contribution is 2.34. The van der Waals surface area contributed by atoms with Crippen LogP contribution in [0.25, 0.3) is 0 Å². The van der Waals surface area contributed by atoms with Crippen molar-refractivity contribution in [3.63, 3.8) is 0 Å². The monoisotopic (exact) mass is 240 g/mol. The van der Waals surface area contributed by atoms with Crippen molar-refractivity contribution in [1.29, 1.82) is 0 Å². The molecule has 1 heterocycles. The Hall–Kier alpha value is -0.570. The van der Waals surface area contributed by atoms with E-state index in [0.29, 0.717) is 23.3 Å². The lowest BCUT2D eigenvalue weighted by Crippen LogP contribution is -2.40. The first kappa shape index (κ1) is 14.5. The van der Waals surface area contributed by atoms with Gasteiger partial charge >= 0.3 is 0 Å².